The average Bonchev–Trinajstić information content (AvgIpc) is 3.32. The number of carbonyl (C=O) groups is 1. The molecule has 1 unspecified atom stereocenters. The van der Waals surface area contributed by atoms with E-state index in [-0.39, 0.29) is 11.9 Å². The molecule has 1 aliphatic heterocycles. The number of furan rings is 1. The summed E-state index contributed by atoms with van der Waals surface area (Å²) in [4.78, 5) is 18.6. The summed E-state index contributed by atoms with van der Waals surface area (Å²) in [6.07, 6.45) is 6.91. The minimum atomic E-state index is 0.0535. The molecule has 0 spiro atoms. The van der Waals surface area contributed by atoms with Crippen molar-refractivity contribution in [2.75, 3.05) is 32.0 Å². The molecule has 1 fully saturated rings. The lowest BCUT2D eigenvalue weighted by Gasteiger charge is -2.33. The van der Waals surface area contributed by atoms with Crippen molar-refractivity contribution in [3.05, 3.63) is 54.0 Å². The molecule has 3 rings (SSSR count). The maximum atomic E-state index is 11.7. The maximum absolute atomic E-state index is 11.7. The zero-order chi connectivity index (χ0) is 21.9. The Hall–Kier alpha value is -2.80. The van der Waals surface area contributed by atoms with E-state index in [9.17, 15) is 4.79 Å². The van der Waals surface area contributed by atoms with Gasteiger partial charge in [0.25, 0.3) is 0 Å². The van der Waals surface area contributed by atoms with E-state index < -0.39 is 0 Å². The lowest BCUT2D eigenvalue weighted by Crippen LogP contribution is -2.44. The fourth-order valence-corrected chi connectivity index (χ4v) is 3.88. The molecule has 0 aliphatic carbocycles. The van der Waals surface area contributed by atoms with E-state index in [0.29, 0.717) is 13.0 Å². The quantitative estimate of drug-likeness (QED) is 0.419. The zero-order valence-corrected chi connectivity index (χ0v) is 18.7. The number of aliphatic imine (C=N–C) groups is 1. The lowest BCUT2D eigenvalue weighted by molar-refractivity contribution is -0.116. The molecule has 3 N–H and O–H groups in total. The summed E-state index contributed by atoms with van der Waals surface area (Å²) in [6.45, 7) is 5.58. The molecule has 2 heterocycles. The van der Waals surface area contributed by atoms with Gasteiger partial charge in [0.2, 0.25) is 5.91 Å². The Morgan fingerprint density at radius 3 is 2.55 bits per heavy atom. The van der Waals surface area contributed by atoms with Gasteiger partial charge >= 0.3 is 0 Å². The Labute approximate surface area is 185 Å². The monoisotopic (exact) mass is 425 g/mol. The van der Waals surface area contributed by atoms with Gasteiger partial charge in [-0.25, -0.2) is 0 Å². The number of nitrogens with zero attached hydrogens (tertiary/aromatic N) is 2. The van der Waals surface area contributed by atoms with Crippen LogP contribution in [0.15, 0.2) is 52.1 Å². The van der Waals surface area contributed by atoms with Crippen molar-refractivity contribution in [2.24, 2.45) is 4.99 Å². The molecule has 1 amide bonds. The SMILES string of the molecule is CCCC(=O)Nc1ccc(CNC(=NC)NCC(c2ccco2)N2CCCCC2)cc1. The molecule has 1 atom stereocenters. The molecule has 1 saturated heterocycles. The van der Waals surface area contributed by atoms with Gasteiger partial charge in [-0.1, -0.05) is 25.5 Å². The zero-order valence-electron chi connectivity index (χ0n) is 18.7. The Bertz CT molecular complexity index is 811. The predicted octanol–water partition coefficient (Wildman–Crippen LogP) is 3.91. The number of amides is 1. The maximum Gasteiger partial charge on any atom is 0.224 e. The van der Waals surface area contributed by atoms with Crippen LogP contribution in [-0.2, 0) is 11.3 Å². The number of benzene rings is 1. The Kier molecular flexibility index (Phi) is 8.97. The van der Waals surface area contributed by atoms with E-state index >= 15 is 0 Å². The molecular formula is C24H35N5O2. The van der Waals surface area contributed by atoms with Gasteiger partial charge in [-0.15, -0.1) is 0 Å². The van der Waals surface area contributed by atoms with Gasteiger partial charge in [-0.2, -0.15) is 0 Å². The Balaban J connectivity index is 1.51. The van der Waals surface area contributed by atoms with E-state index in [1.165, 1.54) is 19.3 Å². The van der Waals surface area contributed by atoms with Crippen LogP contribution in [0.5, 0.6) is 0 Å². The second kappa shape index (κ2) is 12.2. The first-order valence-corrected chi connectivity index (χ1v) is 11.3. The highest BCUT2D eigenvalue weighted by molar-refractivity contribution is 5.90. The summed E-state index contributed by atoms with van der Waals surface area (Å²) in [5.41, 5.74) is 1.95. The second-order valence-electron chi connectivity index (χ2n) is 7.93. The third kappa shape index (κ3) is 7.14. The summed E-state index contributed by atoms with van der Waals surface area (Å²) < 4.78 is 5.73. The number of rotatable bonds is 9. The summed E-state index contributed by atoms with van der Waals surface area (Å²) in [5.74, 6) is 1.80. The summed E-state index contributed by atoms with van der Waals surface area (Å²) in [6, 6.07) is 12.1. The first-order valence-electron chi connectivity index (χ1n) is 11.3. The van der Waals surface area contributed by atoms with Crippen LogP contribution in [0.25, 0.3) is 0 Å². The van der Waals surface area contributed by atoms with Gasteiger partial charge in [0, 0.05) is 32.2 Å². The molecule has 2 aromatic rings. The van der Waals surface area contributed by atoms with Gasteiger partial charge in [0.15, 0.2) is 5.96 Å². The van der Waals surface area contributed by atoms with Gasteiger partial charge < -0.3 is 20.4 Å². The fraction of sp³-hybridized carbons (Fsp3) is 0.500. The van der Waals surface area contributed by atoms with Crippen molar-refractivity contribution in [1.29, 1.82) is 0 Å². The molecule has 168 valence electrons. The first-order chi connectivity index (χ1) is 15.2. The number of likely N-dealkylation sites (tertiary alicyclic amines) is 1. The van der Waals surface area contributed by atoms with Crippen molar-refractivity contribution < 1.29 is 9.21 Å². The van der Waals surface area contributed by atoms with Crippen molar-refractivity contribution in [1.82, 2.24) is 15.5 Å². The smallest absolute Gasteiger partial charge is 0.224 e. The third-order valence-electron chi connectivity index (χ3n) is 5.56. The van der Waals surface area contributed by atoms with E-state index in [4.69, 9.17) is 4.42 Å². The summed E-state index contributed by atoms with van der Waals surface area (Å²) >= 11 is 0. The van der Waals surface area contributed by atoms with Crippen molar-refractivity contribution >= 4 is 17.6 Å². The summed E-state index contributed by atoms with van der Waals surface area (Å²) in [5, 5.41) is 9.74. The highest BCUT2D eigenvalue weighted by Gasteiger charge is 2.24. The van der Waals surface area contributed by atoms with Crippen LogP contribution >= 0.6 is 0 Å². The van der Waals surface area contributed by atoms with Crippen LogP contribution in [0.3, 0.4) is 0 Å². The van der Waals surface area contributed by atoms with Crippen molar-refractivity contribution in [3.63, 3.8) is 0 Å². The standard InChI is InChI=1S/C24H35N5O2/c1-3-8-23(30)28-20-12-10-19(11-13-20)17-26-24(25-2)27-18-21(22-9-7-16-31-22)29-14-5-4-6-15-29/h7,9-13,16,21H,3-6,8,14-15,17-18H2,1-2H3,(H,28,30)(H2,25,26,27). The molecule has 7 heteroatoms. The van der Waals surface area contributed by atoms with E-state index in [1.807, 2.05) is 37.3 Å². The van der Waals surface area contributed by atoms with Crippen molar-refractivity contribution in [2.45, 2.75) is 51.6 Å². The van der Waals surface area contributed by atoms with Crippen LogP contribution < -0.4 is 16.0 Å². The minimum Gasteiger partial charge on any atom is -0.468 e. The van der Waals surface area contributed by atoms with Gasteiger partial charge in [-0.05, 0) is 62.2 Å². The minimum absolute atomic E-state index is 0.0535. The van der Waals surface area contributed by atoms with E-state index in [2.05, 4.69) is 31.9 Å². The number of guanidine groups is 1. The molecular weight excluding hydrogens is 390 g/mol. The van der Waals surface area contributed by atoms with E-state index in [1.54, 1.807) is 13.3 Å². The highest BCUT2D eigenvalue weighted by Crippen LogP contribution is 2.24. The average molecular weight is 426 g/mol. The molecule has 0 radical (unpaired) electrons. The predicted molar refractivity (Wildman–Crippen MR) is 125 cm³/mol. The molecule has 7 nitrogen and oxygen atoms in total. The second-order valence-corrected chi connectivity index (χ2v) is 7.93. The highest BCUT2D eigenvalue weighted by atomic mass is 16.3. The van der Waals surface area contributed by atoms with E-state index in [0.717, 1.165) is 49.0 Å². The molecule has 0 bridgehead atoms. The van der Waals surface area contributed by atoms with Gasteiger partial charge in [-0.3, -0.25) is 14.7 Å². The first kappa shape index (κ1) is 22.9. The van der Waals surface area contributed by atoms with Crippen LogP contribution in [0, 0.1) is 0 Å². The third-order valence-corrected chi connectivity index (χ3v) is 5.56. The lowest BCUT2D eigenvalue weighted by atomic mass is 10.1. The van der Waals surface area contributed by atoms with Gasteiger partial charge in [0.1, 0.15) is 5.76 Å². The molecule has 1 aromatic carbocycles. The molecule has 1 aromatic heterocycles. The largest absolute Gasteiger partial charge is 0.468 e. The van der Waals surface area contributed by atoms with Crippen LogP contribution in [0.1, 0.15) is 56.4 Å². The van der Waals surface area contributed by atoms with Gasteiger partial charge in [0.05, 0.1) is 12.3 Å². The summed E-state index contributed by atoms with van der Waals surface area (Å²) in [7, 11) is 1.78. The molecule has 31 heavy (non-hydrogen) atoms. The number of hydrogen-bond acceptors (Lipinski definition) is 4. The topological polar surface area (TPSA) is 81.9 Å². The van der Waals surface area contributed by atoms with Crippen LogP contribution in [0.2, 0.25) is 0 Å². The Morgan fingerprint density at radius 2 is 1.90 bits per heavy atom. The number of nitrogens with one attached hydrogen (secondary N) is 3. The van der Waals surface area contributed by atoms with Crippen molar-refractivity contribution in [3.8, 4) is 0 Å². The molecule has 1 aliphatic rings. The van der Waals surface area contributed by atoms with Crippen LogP contribution in [0.4, 0.5) is 5.69 Å². The number of hydrogen-bond donors (Lipinski definition) is 3. The number of piperidine rings is 1. The number of carbonyl (C=O) groups excluding carboxylic acids is 1. The molecule has 0 saturated carbocycles. The Morgan fingerprint density at radius 1 is 1.13 bits per heavy atom. The van der Waals surface area contributed by atoms with Crippen LogP contribution in [-0.4, -0.2) is 43.4 Å². The normalized spacial score (nSPS) is 16.0. The fourth-order valence-electron chi connectivity index (χ4n) is 3.88. The number of anilines is 1.